The number of methoxy groups -OCH3 is 1. The quantitative estimate of drug-likeness (QED) is 0.734. The highest BCUT2D eigenvalue weighted by molar-refractivity contribution is 6.02. The third kappa shape index (κ3) is 2.43. The maximum atomic E-state index is 12.2. The Kier molecular flexibility index (Phi) is 4.12. The molecule has 0 amide bonds. The van der Waals surface area contributed by atoms with Crippen molar-refractivity contribution in [2.24, 2.45) is 0 Å². The smallest absolute Gasteiger partial charge is 0.163 e. The van der Waals surface area contributed by atoms with E-state index in [1.165, 1.54) is 22.3 Å². The molecule has 0 saturated heterocycles. The number of Topliss-reactive ketones (excluding diaryl/α,β-unsaturated/α-hetero) is 1. The molecule has 0 heterocycles. The number of hydrogen-bond donors (Lipinski definition) is 0. The summed E-state index contributed by atoms with van der Waals surface area (Å²) in [5, 5.41) is 0. The molecule has 2 heteroatoms. The van der Waals surface area contributed by atoms with Gasteiger partial charge in [-0.3, -0.25) is 4.79 Å². The van der Waals surface area contributed by atoms with Gasteiger partial charge in [0.25, 0.3) is 0 Å². The zero-order valence-corrected chi connectivity index (χ0v) is 13.0. The van der Waals surface area contributed by atoms with Crippen LogP contribution in [0.4, 0.5) is 0 Å². The summed E-state index contributed by atoms with van der Waals surface area (Å²) in [6.45, 7) is 8.36. The van der Waals surface area contributed by atoms with Crippen molar-refractivity contribution in [1.29, 1.82) is 0 Å². The van der Waals surface area contributed by atoms with Crippen molar-refractivity contribution in [2.45, 2.75) is 40.5 Å². The molecule has 20 heavy (non-hydrogen) atoms. The molecular weight excluding hydrogens is 248 g/mol. The molecule has 0 saturated carbocycles. The van der Waals surface area contributed by atoms with Crippen LogP contribution in [0.2, 0.25) is 0 Å². The summed E-state index contributed by atoms with van der Waals surface area (Å²) in [6.07, 6.45) is 1.45. The molecule has 0 N–H and O–H groups in total. The minimum Gasteiger partial charge on any atom is -0.497 e. The Bertz CT molecular complexity index is 618. The van der Waals surface area contributed by atoms with Crippen LogP contribution in [0.1, 0.15) is 56.5 Å². The van der Waals surface area contributed by atoms with E-state index in [2.05, 4.69) is 20.8 Å². The molecular formula is C18H22O2. The summed E-state index contributed by atoms with van der Waals surface area (Å²) in [5.74, 6) is 0.907. The zero-order chi connectivity index (χ0) is 14.9. The average molecular weight is 270 g/mol. The number of carbonyl (C=O) groups excluding carboxylic acids is 1. The molecule has 0 fully saturated rings. The van der Waals surface area contributed by atoms with Crippen molar-refractivity contribution in [1.82, 2.24) is 0 Å². The Balaban J connectivity index is 2.56. The van der Waals surface area contributed by atoms with Crippen molar-refractivity contribution in [2.75, 3.05) is 7.11 Å². The number of ketones is 1. The van der Waals surface area contributed by atoms with Crippen LogP contribution >= 0.6 is 0 Å². The first-order chi connectivity index (χ1) is 9.49. The van der Waals surface area contributed by atoms with Gasteiger partial charge < -0.3 is 4.74 Å². The van der Waals surface area contributed by atoms with Gasteiger partial charge in [0, 0.05) is 12.0 Å². The Morgan fingerprint density at radius 1 is 1.20 bits per heavy atom. The van der Waals surface area contributed by atoms with Crippen LogP contribution in [-0.4, -0.2) is 12.9 Å². The van der Waals surface area contributed by atoms with E-state index in [9.17, 15) is 4.79 Å². The fraction of sp³-hybridized carbons (Fsp3) is 0.389. The van der Waals surface area contributed by atoms with Gasteiger partial charge in [0.15, 0.2) is 5.78 Å². The van der Waals surface area contributed by atoms with Gasteiger partial charge in [0.05, 0.1) is 7.11 Å². The second-order valence-electron chi connectivity index (χ2n) is 5.37. The summed E-state index contributed by atoms with van der Waals surface area (Å²) >= 11 is 0. The van der Waals surface area contributed by atoms with Gasteiger partial charge in [0.1, 0.15) is 5.75 Å². The summed E-state index contributed by atoms with van der Waals surface area (Å²) in [6, 6.07) is 5.82. The van der Waals surface area contributed by atoms with E-state index in [1.54, 1.807) is 7.11 Å². The Morgan fingerprint density at radius 2 is 1.90 bits per heavy atom. The molecule has 1 aromatic carbocycles. The zero-order valence-electron chi connectivity index (χ0n) is 13.0. The van der Waals surface area contributed by atoms with Crippen molar-refractivity contribution < 1.29 is 9.53 Å². The fourth-order valence-corrected chi connectivity index (χ4v) is 2.71. The lowest BCUT2D eigenvalue weighted by Crippen LogP contribution is -2.03. The third-order valence-electron chi connectivity index (χ3n) is 4.27. The average Bonchev–Trinajstić information content (AvgIpc) is 2.73. The number of carbonyl (C=O) groups is 1. The van der Waals surface area contributed by atoms with Gasteiger partial charge in [-0.15, -0.1) is 0 Å². The summed E-state index contributed by atoms with van der Waals surface area (Å²) in [4.78, 5) is 12.2. The van der Waals surface area contributed by atoms with Crippen LogP contribution in [0.3, 0.4) is 0 Å². The lowest BCUT2D eigenvalue weighted by Gasteiger charge is -2.13. The van der Waals surface area contributed by atoms with Crippen LogP contribution in [0, 0.1) is 0 Å². The predicted octanol–water partition coefficient (Wildman–Crippen LogP) is 4.80. The van der Waals surface area contributed by atoms with Crippen LogP contribution in [0.25, 0.3) is 5.57 Å². The van der Waals surface area contributed by atoms with Crippen molar-refractivity contribution in [3.63, 3.8) is 0 Å². The SMILES string of the molecule is CCC(=O)c1cc(OC)ccc1C1=C(C)C(C)=C(C)C1. The number of rotatable bonds is 4. The van der Waals surface area contributed by atoms with Crippen molar-refractivity contribution in [3.8, 4) is 5.75 Å². The van der Waals surface area contributed by atoms with Gasteiger partial charge >= 0.3 is 0 Å². The third-order valence-corrected chi connectivity index (χ3v) is 4.27. The molecule has 0 atom stereocenters. The topological polar surface area (TPSA) is 26.3 Å². The number of ether oxygens (including phenoxy) is 1. The van der Waals surface area contributed by atoms with E-state index in [0.29, 0.717) is 6.42 Å². The van der Waals surface area contributed by atoms with E-state index < -0.39 is 0 Å². The van der Waals surface area contributed by atoms with Gasteiger partial charge in [-0.2, -0.15) is 0 Å². The van der Waals surface area contributed by atoms with E-state index >= 15 is 0 Å². The normalized spacial score (nSPS) is 15.1. The van der Waals surface area contributed by atoms with Gasteiger partial charge in [-0.05, 0) is 61.6 Å². The maximum Gasteiger partial charge on any atom is 0.163 e. The molecule has 1 aromatic rings. The highest BCUT2D eigenvalue weighted by Crippen LogP contribution is 2.39. The first-order valence-corrected chi connectivity index (χ1v) is 7.07. The minimum atomic E-state index is 0.168. The summed E-state index contributed by atoms with van der Waals surface area (Å²) in [7, 11) is 1.63. The highest BCUT2D eigenvalue weighted by atomic mass is 16.5. The standard InChI is InChI=1S/C18H22O2/c1-6-18(19)17-10-14(20-5)7-8-15(17)16-9-11(2)12(3)13(16)4/h7-8,10H,6,9H2,1-5H3. The Labute approximate surface area is 121 Å². The fourth-order valence-electron chi connectivity index (χ4n) is 2.71. The van der Waals surface area contributed by atoms with Crippen molar-refractivity contribution in [3.05, 3.63) is 46.0 Å². The lowest BCUT2D eigenvalue weighted by molar-refractivity contribution is 0.0987. The summed E-state index contributed by atoms with van der Waals surface area (Å²) in [5.41, 5.74) is 7.17. The predicted molar refractivity (Wildman–Crippen MR) is 83.2 cm³/mol. The van der Waals surface area contributed by atoms with Crippen LogP contribution < -0.4 is 4.74 Å². The van der Waals surface area contributed by atoms with E-state index in [1.807, 2.05) is 25.1 Å². The van der Waals surface area contributed by atoms with E-state index in [-0.39, 0.29) is 5.78 Å². The largest absolute Gasteiger partial charge is 0.497 e. The molecule has 106 valence electrons. The molecule has 0 spiro atoms. The minimum absolute atomic E-state index is 0.168. The highest BCUT2D eigenvalue weighted by Gasteiger charge is 2.21. The van der Waals surface area contributed by atoms with Gasteiger partial charge in [0.2, 0.25) is 0 Å². The van der Waals surface area contributed by atoms with Crippen LogP contribution in [-0.2, 0) is 0 Å². The molecule has 1 aliphatic carbocycles. The molecule has 0 aliphatic heterocycles. The van der Waals surface area contributed by atoms with Crippen LogP contribution in [0.5, 0.6) is 5.75 Å². The first kappa shape index (κ1) is 14.6. The monoisotopic (exact) mass is 270 g/mol. The van der Waals surface area contributed by atoms with Gasteiger partial charge in [-0.25, -0.2) is 0 Å². The number of hydrogen-bond acceptors (Lipinski definition) is 2. The number of allylic oxidation sites excluding steroid dienone is 4. The summed E-state index contributed by atoms with van der Waals surface area (Å²) < 4.78 is 5.26. The van der Waals surface area contributed by atoms with Crippen molar-refractivity contribution >= 4 is 11.4 Å². The van der Waals surface area contributed by atoms with Crippen LogP contribution in [0.15, 0.2) is 34.9 Å². The molecule has 1 aliphatic rings. The molecule has 0 aromatic heterocycles. The van der Waals surface area contributed by atoms with E-state index in [4.69, 9.17) is 4.74 Å². The lowest BCUT2D eigenvalue weighted by atomic mass is 9.92. The maximum absolute atomic E-state index is 12.2. The van der Waals surface area contributed by atoms with Gasteiger partial charge in [-0.1, -0.05) is 18.6 Å². The Hall–Kier alpha value is -1.83. The molecule has 2 rings (SSSR count). The second kappa shape index (κ2) is 5.66. The Morgan fingerprint density at radius 3 is 2.40 bits per heavy atom. The molecule has 0 radical (unpaired) electrons. The first-order valence-electron chi connectivity index (χ1n) is 7.07. The molecule has 0 unspecified atom stereocenters. The second-order valence-corrected chi connectivity index (χ2v) is 5.37. The molecule has 2 nitrogen and oxygen atoms in total. The number of benzene rings is 1. The van der Waals surface area contributed by atoms with E-state index in [0.717, 1.165) is 23.3 Å². The molecule has 0 bridgehead atoms.